The maximum absolute atomic E-state index is 10.8. The third-order valence-corrected chi connectivity index (χ3v) is 4.26. The Labute approximate surface area is 118 Å². The van der Waals surface area contributed by atoms with Crippen LogP contribution in [0.2, 0.25) is 0 Å². The van der Waals surface area contributed by atoms with Gasteiger partial charge in [0.15, 0.2) is 0 Å². The van der Waals surface area contributed by atoms with Crippen LogP contribution in [0.4, 0.5) is 11.4 Å². The molecule has 1 aromatic carbocycles. The molecule has 0 amide bonds. The fourth-order valence-electron chi connectivity index (χ4n) is 3.04. The van der Waals surface area contributed by atoms with Crippen molar-refractivity contribution < 1.29 is 4.92 Å². The molecule has 0 bridgehead atoms. The summed E-state index contributed by atoms with van der Waals surface area (Å²) in [7, 11) is 0. The first kappa shape index (κ1) is 13.3. The molecule has 0 radical (unpaired) electrons. The third-order valence-electron chi connectivity index (χ3n) is 4.26. The molecule has 108 valence electrons. The van der Waals surface area contributed by atoms with E-state index < -0.39 is 0 Å². The van der Waals surface area contributed by atoms with Crippen LogP contribution in [0.1, 0.15) is 5.56 Å². The van der Waals surface area contributed by atoms with Gasteiger partial charge in [-0.15, -0.1) is 0 Å². The fraction of sp³-hybridized carbons (Fsp3) is 0.571. The van der Waals surface area contributed by atoms with Gasteiger partial charge in [0.1, 0.15) is 0 Å². The minimum absolute atomic E-state index is 0.172. The Kier molecular flexibility index (Phi) is 3.58. The molecule has 2 saturated heterocycles. The van der Waals surface area contributed by atoms with Crippen LogP contribution in [-0.4, -0.2) is 55.1 Å². The lowest BCUT2D eigenvalue weighted by molar-refractivity contribution is -0.384. The van der Waals surface area contributed by atoms with Crippen molar-refractivity contribution in [2.45, 2.75) is 13.0 Å². The number of rotatable bonds is 3. The van der Waals surface area contributed by atoms with E-state index >= 15 is 0 Å². The van der Waals surface area contributed by atoms with Crippen LogP contribution in [0.15, 0.2) is 18.2 Å². The minimum Gasteiger partial charge on any atom is -0.368 e. The Bertz CT molecular complexity index is 508. The topological polar surface area (TPSA) is 61.7 Å². The van der Waals surface area contributed by atoms with Gasteiger partial charge in [0.05, 0.1) is 4.92 Å². The molecule has 0 spiro atoms. The highest BCUT2D eigenvalue weighted by atomic mass is 16.6. The number of piperazine rings is 1. The average molecular weight is 276 g/mol. The Morgan fingerprint density at radius 2 is 2.00 bits per heavy atom. The number of benzene rings is 1. The summed E-state index contributed by atoms with van der Waals surface area (Å²) in [6.45, 7) is 8.40. The summed E-state index contributed by atoms with van der Waals surface area (Å²) in [6, 6.07) is 5.77. The van der Waals surface area contributed by atoms with E-state index in [1.807, 2.05) is 13.0 Å². The second-order valence-electron chi connectivity index (χ2n) is 5.57. The van der Waals surface area contributed by atoms with E-state index in [1.165, 1.54) is 0 Å². The molecule has 2 aliphatic heterocycles. The van der Waals surface area contributed by atoms with Gasteiger partial charge in [0, 0.05) is 63.1 Å². The molecule has 0 saturated carbocycles. The number of nitrogens with zero attached hydrogens (tertiary/aromatic N) is 3. The van der Waals surface area contributed by atoms with Crippen LogP contribution in [0.5, 0.6) is 0 Å². The van der Waals surface area contributed by atoms with Crippen molar-refractivity contribution in [3.05, 3.63) is 33.9 Å². The van der Waals surface area contributed by atoms with E-state index in [-0.39, 0.29) is 10.6 Å². The number of anilines is 1. The van der Waals surface area contributed by atoms with Gasteiger partial charge in [-0.2, -0.15) is 0 Å². The second-order valence-corrected chi connectivity index (χ2v) is 5.57. The van der Waals surface area contributed by atoms with E-state index in [2.05, 4.69) is 15.1 Å². The number of nitro groups is 1. The second kappa shape index (κ2) is 5.38. The highest BCUT2D eigenvalue weighted by Crippen LogP contribution is 2.29. The molecule has 2 aliphatic rings. The molecule has 20 heavy (non-hydrogen) atoms. The number of hydrogen-bond acceptors (Lipinski definition) is 5. The van der Waals surface area contributed by atoms with Crippen molar-refractivity contribution in [1.82, 2.24) is 10.2 Å². The molecule has 1 aromatic rings. The van der Waals surface area contributed by atoms with Gasteiger partial charge >= 0.3 is 0 Å². The van der Waals surface area contributed by atoms with Gasteiger partial charge in [-0.25, -0.2) is 0 Å². The van der Waals surface area contributed by atoms with Gasteiger partial charge in [0.25, 0.3) is 5.69 Å². The van der Waals surface area contributed by atoms with Gasteiger partial charge in [0.2, 0.25) is 0 Å². The van der Waals surface area contributed by atoms with Crippen molar-refractivity contribution >= 4 is 11.4 Å². The quantitative estimate of drug-likeness (QED) is 0.659. The van der Waals surface area contributed by atoms with E-state index in [1.54, 1.807) is 12.1 Å². The Morgan fingerprint density at radius 3 is 2.60 bits per heavy atom. The zero-order chi connectivity index (χ0) is 14.1. The van der Waals surface area contributed by atoms with E-state index in [0.29, 0.717) is 6.04 Å². The number of aryl methyl sites for hydroxylation is 1. The Morgan fingerprint density at radius 1 is 1.30 bits per heavy atom. The molecule has 0 unspecified atom stereocenters. The van der Waals surface area contributed by atoms with E-state index in [0.717, 1.165) is 50.5 Å². The van der Waals surface area contributed by atoms with Crippen LogP contribution in [-0.2, 0) is 0 Å². The van der Waals surface area contributed by atoms with Crippen molar-refractivity contribution in [1.29, 1.82) is 0 Å². The smallest absolute Gasteiger partial charge is 0.269 e. The summed E-state index contributed by atoms with van der Waals surface area (Å²) in [5.74, 6) is 0. The van der Waals surface area contributed by atoms with Crippen molar-refractivity contribution in [2.75, 3.05) is 44.2 Å². The van der Waals surface area contributed by atoms with Crippen molar-refractivity contribution in [2.24, 2.45) is 0 Å². The van der Waals surface area contributed by atoms with Crippen LogP contribution in [0.3, 0.4) is 0 Å². The normalized spacial score (nSPS) is 20.8. The first-order valence-corrected chi connectivity index (χ1v) is 7.10. The van der Waals surface area contributed by atoms with E-state index in [9.17, 15) is 10.1 Å². The summed E-state index contributed by atoms with van der Waals surface area (Å²) in [4.78, 5) is 15.3. The molecule has 0 aromatic heterocycles. The molecule has 2 heterocycles. The van der Waals surface area contributed by atoms with Crippen molar-refractivity contribution in [3.63, 3.8) is 0 Å². The monoisotopic (exact) mass is 276 g/mol. The first-order chi connectivity index (χ1) is 9.65. The van der Waals surface area contributed by atoms with Gasteiger partial charge in [-0.05, 0) is 18.6 Å². The van der Waals surface area contributed by atoms with Gasteiger partial charge in [-0.3, -0.25) is 15.0 Å². The SMILES string of the molecule is Cc1cc([N+](=O)[O-])ccc1N1CC(N2CCNCC2)C1. The summed E-state index contributed by atoms with van der Waals surface area (Å²) in [6.07, 6.45) is 0. The lowest BCUT2D eigenvalue weighted by atomic mass is 10.0. The number of nitrogens with one attached hydrogen (secondary N) is 1. The first-order valence-electron chi connectivity index (χ1n) is 7.10. The highest BCUT2D eigenvalue weighted by molar-refractivity contribution is 5.59. The Balaban J connectivity index is 1.63. The predicted molar refractivity (Wildman–Crippen MR) is 78.3 cm³/mol. The van der Waals surface area contributed by atoms with Gasteiger partial charge < -0.3 is 10.2 Å². The maximum Gasteiger partial charge on any atom is 0.269 e. The van der Waals surface area contributed by atoms with Crippen LogP contribution >= 0.6 is 0 Å². The molecule has 3 rings (SSSR count). The minimum atomic E-state index is -0.337. The molecule has 0 atom stereocenters. The van der Waals surface area contributed by atoms with E-state index in [4.69, 9.17) is 0 Å². The summed E-state index contributed by atoms with van der Waals surface area (Å²) in [5, 5.41) is 14.1. The summed E-state index contributed by atoms with van der Waals surface area (Å²) < 4.78 is 0. The number of hydrogen-bond donors (Lipinski definition) is 1. The Hall–Kier alpha value is -1.66. The summed E-state index contributed by atoms with van der Waals surface area (Å²) >= 11 is 0. The zero-order valence-corrected chi connectivity index (χ0v) is 11.7. The van der Waals surface area contributed by atoms with Crippen LogP contribution < -0.4 is 10.2 Å². The predicted octanol–water partition coefficient (Wildman–Crippen LogP) is 0.997. The van der Waals surface area contributed by atoms with Crippen molar-refractivity contribution in [3.8, 4) is 0 Å². The largest absolute Gasteiger partial charge is 0.368 e. The molecule has 2 fully saturated rings. The number of nitro benzene ring substituents is 1. The fourth-order valence-corrected chi connectivity index (χ4v) is 3.04. The highest BCUT2D eigenvalue weighted by Gasteiger charge is 2.33. The molecule has 1 N–H and O–H groups in total. The molecule has 6 nitrogen and oxygen atoms in total. The number of non-ortho nitro benzene ring substituents is 1. The average Bonchev–Trinajstić information content (AvgIpc) is 2.40. The maximum atomic E-state index is 10.8. The standard InChI is InChI=1S/C14H20N4O2/c1-11-8-12(18(19)20)2-3-14(11)17-9-13(10-17)16-6-4-15-5-7-16/h2-3,8,13,15H,4-7,9-10H2,1H3. The van der Waals surface area contributed by atoms with Gasteiger partial charge in [-0.1, -0.05) is 0 Å². The lowest BCUT2D eigenvalue weighted by Crippen LogP contribution is -2.63. The van der Waals surface area contributed by atoms with Crippen LogP contribution in [0.25, 0.3) is 0 Å². The lowest BCUT2D eigenvalue weighted by Gasteiger charge is -2.48. The third kappa shape index (κ3) is 2.48. The molecule has 0 aliphatic carbocycles. The summed E-state index contributed by atoms with van der Waals surface area (Å²) in [5.41, 5.74) is 2.28. The zero-order valence-electron chi connectivity index (χ0n) is 11.7. The molecular formula is C14H20N4O2. The molecular weight excluding hydrogens is 256 g/mol. The molecule has 6 heteroatoms. The van der Waals surface area contributed by atoms with Crippen LogP contribution in [0, 0.1) is 17.0 Å².